The van der Waals surface area contributed by atoms with Gasteiger partial charge in [-0.15, -0.1) is 10.2 Å². The van der Waals surface area contributed by atoms with Crippen molar-refractivity contribution < 1.29 is 14.3 Å². The van der Waals surface area contributed by atoms with Gasteiger partial charge >= 0.3 is 0 Å². The van der Waals surface area contributed by atoms with E-state index in [0.717, 1.165) is 35.8 Å². The van der Waals surface area contributed by atoms with Gasteiger partial charge in [0.15, 0.2) is 5.82 Å². The average molecular weight is 468 g/mol. The molecule has 0 unspecified atom stereocenters. The van der Waals surface area contributed by atoms with Gasteiger partial charge < -0.3 is 19.4 Å². The minimum Gasteiger partial charge on any atom is -0.497 e. The number of rotatable bonds is 8. The number of benzene rings is 1. The Morgan fingerprint density at radius 1 is 1.03 bits per heavy atom. The molecule has 3 rings (SSSR count). The molecule has 0 saturated carbocycles. The summed E-state index contributed by atoms with van der Waals surface area (Å²) in [7, 11) is 1.64. The lowest BCUT2D eigenvalue weighted by Crippen LogP contribution is -2.46. The monoisotopic (exact) mass is 467 g/mol. The van der Waals surface area contributed by atoms with E-state index in [1.807, 2.05) is 55.1 Å². The lowest BCUT2D eigenvalue weighted by Gasteiger charge is -2.29. The van der Waals surface area contributed by atoms with E-state index in [1.54, 1.807) is 12.0 Å². The smallest absolute Gasteiger partial charge is 0.242 e. The lowest BCUT2D eigenvalue weighted by atomic mass is 10.1. The molecule has 34 heavy (non-hydrogen) atoms. The average Bonchev–Trinajstić information content (AvgIpc) is 3.09. The zero-order valence-corrected chi connectivity index (χ0v) is 21.0. The van der Waals surface area contributed by atoms with Crippen LogP contribution in [0.4, 0.5) is 5.82 Å². The van der Waals surface area contributed by atoms with Crippen LogP contribution >= 0.6 is 0 Å². The predicted molar refractivity (Wildman–Crippen MR) is 134 cm³/mol. The van der Waals surface area contributed by atoms with E-state index in [9.17, 15) is 9.59 Å². The molecule has 0 atom stereocenters. The predicted octanol–water partition coefficient (Wildman–Crippen LogP) is 3.33. The maximum atomic E-state index is 13.0. The molecule has 1 aliphatic heterocycles. The van der Waals surface area contributed by atoms with Gasteiger partial charge in [-0.05, 0) is 36.6 Å². The molecule has 8 heteroatoms. The molecule has 2 amide bonds. The van der Waals surface area contributed by atoms with Crippen molar-refractivity contribution in [3.05, 3.63) is 36.4 Å². The first-order valence-electron chi connectivity index (χ1n) is 12.1. The molecule has 1 fully saturated rings. The van der Waals surface area contributed by atoms with E-state index in [2.05, 4.69) is 28.9 Å². The fourth-order valence-electron chi connectivity index (χ4n) is 4.13. The summed E-state index contributed by atoms with van der Waals surface area (Å²) in [5, 5.41) is 8.86. The summed E-state index contributed by atoms with van der Waals surface area (Å²) in [5.41, 5.74) is 1.74. The second-order valence-electron chi connectivity index (χ2n) is 9.50. The van der Waals surface area contributed by atoms with E-state index in [0.29, 0.717) is 32.1 Å². The van der Waals surface area contributed by atoms with E-state index >= 15 is 0 Å². The van der Waals surface area contributed by atoms with Crippen LogP contribution in [0.3, 0.4) is 0 Å². The van der Waals surface area contributed by atoms with Crippen molar-refractivity contribution in [1.29, 1.82) is 0 Å². The van der Waals surface area contributed by atoms with E-state index in [1.165, 1.54) is 0 Å². The third kappa shape index (κ3) is 6.68. The Kier molecular flexibility index (Phi) is 8.85. The highest BCUT2D eigenvalue weighted by Crippen LogP contribution is 2.23. The molecule has 0 N–H and O–H groups in total. The van der Waals surface area contributed by atoms with Gasteiger partial charge in [-0.3, -0.25) is 9.59 Å². The Hall–Kier alpha value is -3.16. The van der Waals surface area contributed by atoms with Gasteiger partial charge in [-0.2, -0.15) is 0 Å². The maximum Gasteiger partial charge on any atom is 0.242 e. The normalized spacial score (nSPS) is 14.3. The third-order valence-corrected chi connectivity index (χ3v) is 5.91. The fourth-order valence-corrected chi connectivity index (χ4v) is 4.13. The van der Waals surface area contributed by atoms with Gasteiger partial charge in [0.05, 0.1) is 19.3 Å². The van der Waals surface area contributed by atoms with Crippen LogP contribution in [-0.4, -0.2) is 78.2 Å². The number of aromatic nitrogens is 2. The highest BCUT2D eigenvalue weighted by atomic mass is 16.5. The molecular formula is C26H37N5O3. The van der Waals surface area contributed by atoms with E-state index in [-0.39, 0.29) is 24.3 Å². The van der Waals surface area contributed by atoms with Crippen LogP contribution in [0.1, 0.15) is 34.1 Å². The van der Waals surface area contributed by atoms with Gasteiger partial charge in [0.1, 0.15) is 5.75 Å². The summed E-state index contributed by atoms with van der Waals surface area (Å²) >= 11 is 0. The number of ether oxygens (including phenoxy) is 1. The van der Waals surface area contributed by atoms with Crippen LogP contribution in [0, 0.1) is 11.8 Å². The summed E-state index contributed by atoms with van der Waals surface area (Å²) in [6.07, 6.45) is 0.841. The molecule has 0 spiro atoms. The summed E-state index contributed by atoms with van der Waals surface area (Å²) in [4.78, 5) is 31.4. The summed E-state index contributed by atoms with van der Waals surface area (Å²) in [6.45, 7) is 11.4. The first kappa shape index (κ1) is 25.5. The molecule has 1 saturated heterocycles. The quantitative estimate of drug-likeness (QED) is 0.593. The van der Waals surface area contributed by atoms with Crippen LogP contribution in [0.15, 0.2) is 36.4 Å². The number of methoxy groups -OCH3 is 1. The number of anilines is 1. The summed E-state index contributed by atoms with van der Waals surface area (Å²) in [6, 6.07) is 11.7. The molecule has 2 aromatic rings. The van der Waals surface area contributed by atoms with Crippen LogP contribution in [0.25, 0.3) is 11.3 Å². The molecule has 2 heterocycles. The Morgan fingerprint density at radius 2 is 1.82 bits per heavy atom. The van der Waals surface area contributed by atoms with E-state index < -0.39 is 0 Å². The van der Waals surface area contributed by atoms with Crippen LogP contribution in [-0.2, 0) is 9.59 Å². The number of amides is 2. The molecular weight excluding hydrogens is 430 g/mol. The van der Waals surface area contributed by atoms with Crippen molar-refractivity contribution in [1.82, 2.24) is 20.0 Å². The topological polar surface area (TPSA) is 78.9 Å². The summed E-state index contributed by atoms with van der Waals surface area (Å²) in [5.74, 6) is 1.82. The van der Waals surface area contributed by atoms with E-state index in [4.69, 9.17) is 4.74 Å². The van der Waals surface area contributed by atoms with Gasteiger partial charge in [0, 0.05) is 44.2 Å². The van der Waals surface area contributed by atoms with Crippen molar-refractivity contribution >= 4 is 17.6 Å². The van der Waals surface area contributed by atoms with Gasteiger partial charge in [-0.1, -0.05) is 39.8 Å². The third-order valence-electron chi connectivity index (χ3n) is 5.91. The molecule has 1 aromatic carbocycles. The van der Waals surface area contributed by atoms with Crippen LogP contribution < -0.4 is 9.64 Å². The minimum atomic E-state index is -0.121. The number of hydrogen-bond acceptors (Lipinski definition) is 6. The van der Waals surface area contributed by atoms with Crippen molar-refractivity contribution in [2.75, 3.05) is 51.3 Å². The molecule has 8 nitrogen and oxygen atoms in total. The Balaban J connectivity index is 1.62. The SMILES string of the molecule is COc1cccc(-c2ccc(N3CCCN(C(=O)CN(CC(C)C)C(=O)C(C)C)CC3)nn2)c1. The van der Waals surface area contributed by atoms with Gasteiger partial charge in [0.25, 0.3) is 0 Å². The van der Waals surface area contributed by atoms with Crippen molar-refractivity contribution in [3.63, 3.8) is 0 Å². The highest BCUT2D eigenvalue weighted by Gasteiger charge is 2.25. The van der Waals surface area contributed by atoms with Gasteiger partial charge in [0.2, 0.25) is 11.8 Å². The number of nitrogens with zero attached hydrogens (tertiary/aromatic N) is 5. The second kappa shape index (κ2) is 11.8. The molecule has 1 aliphatic rings. The van der Waals surface area contributed by atoms with Crippen molar-refractivity contribution in [3.8, 4) is 17.0 Å². The summed E-state index contributed by atoms with van der Waals surface area (Å²) < 4.78 is 5.30. The molecule has 0 radical (unpaired) electrons. The maximum absolute atomic E-state index is 13.0. The zero-order valence-electron chi connectivity index (χ0n) is 21.0. The standard InChI is InChI=1S/C26H37N5O3/c1-19(2)17-31(26(33)20(3)4)18-25(32)30-13-7-12-29(14-15-30)24-11-10-23(27-28-24)21-8-6-9-22(16-21)34-5/h6,8-11,16,19-20H,7,12-15,17-18H2,1-5H3. The van der Waals surface area contributed by atoms with Crippen LogP contribution in [0.5, 0.6) is 5.75 Å². The number of hydrogen-bond donors (Lipinski definition) is 0. The zero-order chi connectivity index (χ0) is 24.7. The largest absolute Gasteiger partial charge is 0.497 e. The molecule has 0 aliphatic carbocycles. The van der Waals surface area contributed by atoms with Gasteiger partial charge in [-0.25, -0.2) is 0 Å². The highest BCUT2D eigenvalue weighted by molar-refractivity contribution is 5.85. The minimum absolute atomic E-state index is 0.0101. The molecule has 0 bridgehead atoms. The molecule has 1 aromatic heterocycles. The fraction of sp³-hybridized carbons (Fsp3) is 0.538. The number of carbonyl (C=O) groups excluding carboxylic acids is 2. The first-order valence-corrected chi connectivity index (χ1v) is 12.1. The number of carbonyl (C=O) groups is 2. The van der Waals surface area contributed by atoms with Crippen molar-refractivity contribution in [2.24, 2.45) is 11.8 Å². The second-order valence-corrected chi connectivity index (χ2v) is 9.50. The Bertz CT molecular complexity index is 961. The first-order chi connectivity index (χ1) is 16.3. The Labute approximate surface area is 202 Å². The molecule has 184 valence electrons. The Morgan fingerprint density at radius 3 is 2.47 bits per heavy atom. The lowest BCUT2D eigenvalue weighted by molar-refractivity contribution is -0.142. The van der Waals surface area contributed by atoms with Crippen LogP contribution in [0.2, 0.25) is 0 Å². The van der Waals surface area contributed by atoms with Crippen molar-refractivity contribution in [2.45, 2.75) is 34.1 Å².